The molecule has 0 N–H and O–H groups in total. The smallest absolute Gasteiger partial charge is 0.168 e. The van der Waals surface area contributed by atoms with Crippen LogP contribution in [0.4, 0.5) is 0 Å². The van der Waals surface area contributed by atoms with Gasteiger partial charge in [-0.15, -0.1) is 11.8 Å². The van der Waals surface area contributed by atoms with Crippen molar-refractivity contribution < 1.29 is 4.79 Å². The molecule has 92 valence electrons. The summed E-state index contributed by atoms with van der Waals surface area (Å²) in [6, 6.07) is 10.0. The van der Waals surface area contributed by atoms with Crippen LogP contribution < -0.4 is 0 Å². The minimum atomic E-state index is 0.446. The Kier molecular flexibility index (Phi) is 4.10. The Balaban J connectivity index is 2.08. The predicted octanol–water partition coefficient (Wildman–Crippen LogP) is 3.20. The third-order valence-corrected chi connectivity index (χ3v) is 3.44. The molecule has 0 aliphatic carbocycles. The quantitative estimate of drug-likeness (QED) is 0.624. The molecular formula is C14H14N2OS. The van der Waals surface area contributed by atoms with Crippen molar-refractivity contribution in [3.05, 3.63) is 53.1 Å². The number of aryl methyl sites for hydroxylation is 2. The summed E-state index contributed by atoms with van der Waals surface area (Å²) in [5, 5.41) is 0. The minimum Gasteiger partial charge on any atom is -0.296 e. The van der Waals surface area contributed by atoms with Crippen LogP contribution in [0.5, 0.6) is 0 Å². The van der Waals surface area contributed by atoms with Gasteiger partial charge in [0.05, 0.1) is 5.75 Å². The van der Waals surface area contributed by atoms with Crippen LogP contribution in [0.25, 0.3) is 0 Å². The zero-order valence-electron chi connectivity index (χ0n) is 10.4. The van der Waals surface area contributed by atoms with Crippen molar-refractivity contribution in [1.82, 2.24) is 9.97 Å². The Labute approximate surface area is 111 Å². The lowest BCUT2D eigenvalue weighted by atomic mass is 10.2. The molecule has 4 heteroatoms. The molecule has 0 unspecified atom stereocenters. The SMILES string of the molecule is Cc1ccc(SCc2nc(C)cc(C=O)n2)cc1. The Bertz CT molecular complexity index is 552. The van der Waals surface area contributed by atoms with Gasteiger partial charge in [0, 0.05) is 10.6 Å². The van der Waals surface area contributed by atoms with Crippen molar-refractivity contribution in [2.75, 3.05) is 0 Å². The molecule has 2 rings (SSSR count). The molecule has 0 amide bonds. The lowest BCUT2D eigenvalue weighted by Crippen LogP contribution is -1.99. The molecule has 2 aromatic rings. The van der Waals surface area contributed by atoms with Crippen LogP contribution in [0.2, 0.25) is 0 Å². The maximum absolute atomic E-state index is 10.7. The van der Waals surface area contributed by atoms with Gasteiger partial charge in [-0.25, -0.2) is 9.97 Å². The van der Waals surface area contributed by atoms with E-state index in [4.69, 9.17) is 0 Å². The summed E-state index contributed by atoms with van der Waals surface area (Å²) < 4.78 is 0. The topological polar surface area (TPSA) is 42.9 Å². The number of thioether (sulfide) groups is 1. The van der Waals surface area contributed by atoms with Gasteiger partial charge >= 0.3 is 0 Å². The molecule has 0 saturated carbocycles. The molecule has 0 radical (unpaired) electrons. The fraction of sp³-hybridized carbons (Fsp3) is 0.214. The normalized spacial score (nSPS) is 10.3. The molecule has 0 saturated heterocycles. The summed E-state index contributed by atoms with van der Waals surface area (Å²) >= 11 is 1.67. The van der Waals surface area contributed by atoms with E-state index in [9.17, 15) is 4.79 Å². The third-order valence-electron chi connectivity index (χ3n) is 2.43. The van der Waals surface area contributed by atoms with E-state index < -0.39 is 0 Å². The maximum Gasteiger partial charge on any atom is 0.168 e. The van der Waals surface area contributed by atoms with Crippen molar-refractivity contribution in [3.8, 4) is 0 Å². The number of aldehydes is 1. The first kappa shape index (κ1) is 12.8. The fourth-order valence-corrected chi connectivity index (χ4v) is 2.32. The van der Waals surface area contributed by atoms with Crippen LogP contribution in [0.15, 0.2) is 35.2 Å². The predicted molar refractivity (Wildman–Crippen MR) is 72.9 cm³/mol. The van der Waals surface area contributed by atoms with Crippen LogP contribution in [-0.4, -0.2) is 16.3 Å². The van der Waals surface area contributed by atoms with Crippen molar-refractivity contribution in [2.45, 2.75) is 24.5 Å². The molecule has 0 bridgehead atoms. The van der Waals surface area contributed by atoms with E-state index in [2.05, 4.69) is 41.2 Å². The van der Waals surface area contributed by atoms with Gasteiger partial charge in [-0.05, 0) is 32.0 Å². The van der Waals surface area contributed by atoms with Crippen molar-refractivity contribution in [3.63, 3.8) is 0 Å². The van der Waals surface area contributed by atoms with E-state index in [-0.39, 0.29) is 0 Å². The number of nitrogens with zero attached hydrogens (tertiary/aromatic N) is 2. The molecule has 0 aliphatic heterocycles. The number of benzene rings is 1. The van der Waals surface area contributed by atoms with Gasteiger partial charge < -0.3 is 0 Å². The second-order valence-corrected chi connectivity index (χ2v) is 5.12. The van der Waals surface area contributed by atoms with Crippen LogP contribution in [0.1, 0.15) is 27.6 Å². The van der Waals surface area contributed by atoms with Crippen LogP contribution in [0.3, 0.4) is 0 Å². The summed E-state index contributed by atoms with van der Waals surface area (Å²) in [6.45, 7) is 3.93. The van der Waals surface area contributed by atoms with Crippen LogP contribution >= 0.6 is 11.8 Å². The largest absolute Gasteiger partial charge is 0.296 e. The zero-order valence-corrected chi connectivity index (χ0v) is 11.2. The highest BCUT2D eigenvalue weighted by molar-refractivity contribution is 7.98. The van der Waals surface area contributed by atoms with Gasteiger partial charge in [0.15, 0.2) is 6.29 Å². The standard InChI is InChI=1S/C14H14N2OS/c1-10-3-5-13(6-4-10)18-9-14-15-11(2)7-12(8-17)16-14/h3-8H,9H2,1-2H3. The Morgan fingerprint density at radius 1 is 1.17 bits per heavy atom. The van der Waals surface area contributed by atoms with Gasteiger partial charge in [-0.3, -0.25) is 4.79 Å². The highest BCUT2D eigenvalue weighted by Crippen LogP contribution is 2.21. The maximum atomic E-state index is 10.7. The Morgan fingerprint density at radius 2 is 1.89 bits per heavy atom. The Hall–Kier alpha value is -1.68. The van der Waals surface area contributed by atoms with E-state index >= 15 is 0 Å². The first-order valence-corrected chi connectivity index (χ1v) is 6.65. The third kappa shape index (κ3) is 3.40. The number of aromatic nitrogens is 2. The molecule has 1 heterocycles. The van der Waals surface area contributed by atoms with Gasteiger partial charge in [0.2, 0.25) is 0 Å². The molecule has 1 aromatic heterocycles. The summed E-state index contributed by atoms with van der Waals surface area (Å²) in [5.41, 5.74) is 2.52. The summed E-state index contributed by atoms with van der Waals surface area (Å²) in [7, 11) is 0. The first-order valence-electron chi connectivity index (χ1n) is 5.66. The lowest BCUT2D eigenvalue weighted by Gasteiger charge is -2.03. The van der Waals surface area contributed by atoms with E-state index in [1.165, 1.54) is 10.5 Å². The van der Waals surface area contributed by atoms with Crippen molar-refractivity contribution >= 4 is 18.0 Å². The van der Waals surface area contributed by atoms with E-state index in [0.29, 0.717) is 17.3 Å². The second-order valence-electron chi connectivity index (χ2n) is 4.07. The van der Waals surface area contributed by atoms with Gasteiger partial charge in [0.1, 0.15) is 11.5 Å². The summed E-state index contributed by atoms with van der Waals surface area (Å²) in [6.07, 6.45) is 0.759. The lowest BCUT2D eigenvalue weighted by molar-refractivity contribution is 0.111. The van der Waals surface area contributed by atoms with Gasteiger partial charge in [0.25, 0.3) is 0 Å². The zero-order chi connectivity index (χ0) is 13.0. The highest BCUT2D eigenvalue weighted by Gasteiger charge is 2.03. The average Bonchev–Trinajstić information content (AvgIpc) is 2.37. The highest BCUT2D eigenvalue weighted by atomic mass is 32.2. The first-order chi connectivity index (χ1) is 8.67. The Morgan fingerprint density at radius 3 is 2.56 bits per heavy atom. The second kappa shape index (κ2) is 5.78. The minimum absolute atomic E-state index is 0.446. The van der Waals surface area contributed by atoms with E-state index in [1.807, 2.05) is 6.92 Å². The van der Waals surface area contributed by atoms with E-state index in [0.717, 1.165) is 12.0 Å². The average molecular weight is 258 g/mol. The summed E-state index contributed by atoms with van der Waals surface area (Å²) in [5.74, 6) is 1.37. The van der Waals surface area contributed by atoms with Gasteiger partial charge in [-0.1, -0.05) is 17.7 Å². The molecule has 0 fully saturated rings. The van der Waals surface area contributed by atoms with Crippen molar-refractivity contribution in [2.24, 2.45) is 0 Å². The van der Waals surface area contributed by atoms with Crippen LogP contribution in [0, 0.1) is 13.8 Å². The fourth-order valence-electron chi connectivity index (χ4n) is 1.56. The molecule has 0 spiro atoms. The molecule has 0 atom stereocenters. The molecule has 18 heavy (non-hydrogen) atoms. The number of carbonyl (C=O) groups is 1. The van der Waals surface area contributed by atoms with Gasteiger partial charge in [-0.2, -0.15) is 0 Å². The molecule has 0 aliphatic rings. The van der Waals surface area contributed by atoms with Crippen LogP contribution in [-0.2, 0) is 5.75 Å². The summed E-state index contributed by atoms with van der Waals surface area (Å²) in [4.78, 5) is 20.4. The molecule has 1 aromatic carbocycles. The molecule has 3 nitrogen and oxygen atoms in total. The van der Waals surface area contributed by atoms with Crippen molar-refractivity contribution in [1.29, 1.82) is 0 Å². The number of hydrogen-bond donors (Lipinski definition) is 0. The number of rotatable bonds is 4. The van der Waals surface area contributed by atoms with E-state index in [1.54, 1.807) is 17.8 Å². The number of hydrogen-bond acceptors (Lipinski definition) is 4. The molecular weight excluding hydrogens is 244 g/mol. The number of carbonyl (C=O) groups excluding carboxylic acids is 1. The monoisotopic (exact) mass is 258 g/mol.